The minimum atomic E-state index is -4.55. The molecule has 0 amide bonds. The van der Waals surface area contributed by atoms with Crippen molar-refractivity contribution in [3.8, 4) is 5.82 Å². The van der Waals surface area contributed by atoms with Crippen molar-refractivity contribution in [1.29, 1.82) is 0 Å². The van der Waals surface area contributed by atoms with Crippen molar-refractivity contribution in [2.24, 2.45) is 0 Å². The highest BCUT2D eigenvalue weighted by Crippen LogP contribution is 2.33. The van der Waals surface area contributed by atoms with Crippen LogP contribution in [0.1, 0.15) is 17.8 Å². The molecule has 0 atom stereocenters. The van der Waals surface area contributed by atoms with Gasteiger partial charge in [0.05, 0.1) is 31.6 Å². The monoisotopic (exact) mass is 380 g/mol. The predicted octanol–water partition coefficient (Wildman–Crippen LogP) is 1.86. The lowest BCUT2D eigenvalue weighted by molar-refractivity contribution is -0.142. The van der Waals surface area contributed by atoms with Gasteiger partial charge in [-0.2, -0.15) is 18.3 Å². The fourth-order valence-corrected chi connectivity index (χ4v) is 2.82. The number of hydrogen-bond acceptors (Lipinski definition) is 6. The van der Waals surface area contributed by atoms with Crippen LogP contribution in [0.25, 0.3) is 11.5 Å². The van der Waals surface area contributed by atoms with Crippen LogP contribution in [0, 0.1) is 0 Å². The number of rotatable bonds is 4. The predicted molar refractivity (Wildman–Crippen MR) is 87.7 cm³/mol. The number of imidazole rings is 1. The third-order valence-electron chi connectivity index (χ3n) is 4.34. The molecule has 11 heteroatoms. The first-order valence-electron chi connectivity index (χ1n) is 8.19. The van der Waals surface area contributed by atoms with Gasteiger partial charge in [-0.3, -0.25) is 9.20 Å². The normalized spacial score (nSPS) is 14.4. The maximum Gasteiger partial charge on any atom is 0.433 e. The van der Waals surface area contributed by atoms with E-state index < -0.39 is 17.8 Å². The maximum absolute atomic E-state index is 13.3. The average Bonchev–Trinajstić information content (AvgIpc) is 3.19. The van der Waals surface area contributed by atoms with Gasteiger partial charge in [0.1, 0.15) is 5.69 Å². The summed E-state index contributed by atoms with van der Waals surface area (Å²) in [6, 6.07) is 1.59. The van der Waals surface area contributed by atoms with E-state index in [2.05, 4.69) is 19.8 Å². The van der Waals surface area contributed by atoms with E-state index in [1.54, 1.807) is 6.07 Å². The minimum absolute atomic E-state index is 0.0381. The molecular formula is C16H15F3N6O2. The second-order valence-electron chi connectivity index (χ2n) is 6.10. The fourth-order valence-electron chi connectivity index (χ4n) is 2.82. The van der Waals surface area contributed by atoms with Crippen LogP contribution in [-0.4, -0.2) is 50.3 Å². The van der Waals surface area contributed by atoms with E-state index in [1.807, 2.05) is 4.90 Å². The highest BCUT2D eigenvalue weighted by molar-refractivity contribution is 5.71. The molecule has 27 heavy (non-hydrogen) atoms. The number of alkyl halides is 3. The molecule has 3 aromatic heterocycles. The molecule has 0 aromatic carbocycles. The molecule has 0 unspecified atom stereocenters. The van der Waals surface area contributed by atoms with Gasteiger partial charge in [0.25, 0.3) is 0 Å². The van der Waals surface area contributed by atoms with Gasteiger partial charge in [0, 0.05) is 19.3 Å². The molecule has 1 saturated heterocycles. The quantitative estimate of drug-likeness (QED) is 0.643. The molecule has 4 heterocycles. The van der Waals surface area contributed by atoms with Crippen LogP contribution in [-0.2, 0) is 22.1 Å². The fraction of sp³-hybridized carbons (Fsp3) is 0.375. The Hall–Kier alpha value is -3.11. The zero-order valence-electron chi connectivity index (χ0n) is 14.3. The molecule has 0 bridgehead atoms. The van der Waals surface area contributed by atoms with Gasteiger partial charge < -0.3 is 9.64 Å². The number of ether oxygens (including phenoxy) is 1. The van der Waals surface area contributed by atoms with E-state index in [9.17, 15) is 18.0 Å². The van der Waals surface area contributed by atoms with Crippen LogP contribution >= 0.6 is 0 Å². The zero-order valence-corrected chi connectivity index (χ0v) is 14.3. The summed E-state index contributed by atoms with van der Waals surface area (Å²) in [5.74, 6) is 0.113. The Bertz CT molecular complexity index is 1010. The molecule has 0 N–H and O–H groups in total. The summed E-state index contributed by atoms with van der Waals surface area (Å²) in [4.78, 5) is 21.6. The van der Waals surface area contributed by atoms with Crippen molar-refractivity contribution >= 4 is 17.4 Å². The molecule has 0 aliphatic carbocycles. The third-order valence-corrected chi connectivity index (χ3v) is 4.34. The Kier molecular flexibility index (Phi) is 4.01. The van der Waals surface area contributed by atoms with Crippen LogP contribution < -0.4 is 4.90 Å². The number of fused-ring (bicyclic) bond motifs is 1. The summed E-state index contributed by atoms with van der Waals surface area (Å²) < 4.78 is 46.9. The Morgan fingerprint density at radius 1 is 1.33 bits per heavy atom. The molecule has 142 valence electrons. The summed E-state index contributed by atoms with van der Waals surface area (Å²) in [6.45, 7) is 1.40. The summed E-state index contributed by atoms with van der Waals surface area (Å²) in [5.41, 5.74) is -0.312. The van der Waals surface area contributed by atoms with E-state index in [4.69, 9.17) is 0 Å². The van der Waals surface area contributed by atoms with Crippen LogP contribution in [0.15, 0.2) is 24.7 Å². The second kappa shape index (κ2) is 6.25. The minimum Gasteiger partial charge on any atom is -0.469 e. The Labute approximate surface area is 151 Å². The zero-order chi connectivity index (χ0) is 19.2. The molecule has 8 nitrogen and oxygen atoms in total. The molecule has 0 saturated carbocycles. The van der Waals surface area contributed by atoms with Gasteiger partial charge >= 0.3 is 12.1 Å². The van der Waals surface area contributed by atoms with E-state index in [0.29, 0.717) is 24.6 Å². The van der Waals surface area contributed by atoms with Gasteiger partial charge in [-0.15, -0.1) is 0 Å². The van der Waals surface area contributed by atoms with E-state index in [0.717, 1.165) is 17.0 Å². The van der Waals surface area contributed by atoms with Crippen molar-refractivity contribution in [3.05, 3.63) is 36.0 Å². The summed E-state index contributed by atoms with van der Waals surface area (Å²) in [6.07, 6.45) is -0.0697. The van der Waals surface area contributed by atoms with Gasteiger partial charge in [0.2, 0.25) is 0 Å². The molecular weight excluding hydrogens is 365 g/mol. The molecule has 3 aromatic rings. The van der Waals surface area contributed by atoms with Crippen LogP contribution in [0.3, 0.4) is 0 Å². The van der Waals surface area contributed by atoms with Crippen LogP contribution in [0.4, 0.5) is 19.0 Å². The Balaban J connectivity index is 1.82. The van der Waals surface area contributed by atoms with Crippen molar-refractivity contribution in [2.45, 2.75) is 19.0 Å². The molecule has 0 spiro atoms. The van der Waals surface area contributed by atoms with Gasteiger partial charge in [0.15, 0.2) is 17.3 Å². The SMILES string of the molecule is COC(=O)Cc1ccn(-c2cn3c(C(F)(F)F)cnc3c(N3CCC3)n2)n1. The largest absolute Gasteiger partial charge is 0.469 e. The number of methoxy groups -OCH3 is 1. The smallest absolute Gasteiger partial charge is 0.433 e. The first kappa shape index (κ1) is 17.3. The summed E-state index contributed by atoms with van der Waals surface area (Å²) in [7, 11) is 1.27. The number of esters is 1. The number of carbonyl (C=O) groups excluding carboxylic acids is 1. The van der Waals surface area contributed by atoms with Gasteiger partial charge in [-0.05, 0) is 12.5 Å². The molecule has 4 rings (SSSR count). The number of hydrogen-bond donors (Lipinski definition) is 0. The van der Waals surface area contributed by atoms with Gasteiger partial charge in [-0.1, -0.05) is 0 Å². The van der Waals surface area contributed by atoms with Crippen molar-refractivity contribution in [3.63, 3.8) is 0 Å². The van der Waals surface area contributed by atoms with E-state index in [-0.39, 0.29) is 17.9 Å². The lowest BCUT2D eigenvalue weighted by Gasteiger charge is -2.32. The number of carbonyl (C=O) groups is 1. The molecule has 1 fully saturated rings. The number of anilines is 1. The Morgan fingerprint density at radius 3 is 2.74 bits per heavy atom. The third kappa shape index (κ3) is 3.09. The van der Waals surface area contributed by atoms with Crippen LogP contribution in [0.5, 0.6) is 0 Å². The number of nitrogens with zero attached hydrogens (tertiary/aromatic N) is 6. The first-order valence-corrected chi connectivity index (χ1v) is 8.19. The maximum atomic E-state index is 13.3. The first-order chi connectivity index (χ1) is 12.9. The lowest BCUT2D eigenvalue weighted by Crippen LogP contribution is -2.38. The van der Waals surface area contributed by atoms with Crippen LogP contribution in [0.2, 0.25) is 0 Å². The average molecular weight is 380 g/mol. The molecule has 0 radical (unpaired) electrons. The summed E-state index contributed by atoms with van der Waals surface area (Å²) in [5, 5.41) is 4.22. The van der Waals surface area contributed by atoms with Gasteiger partial charge in [-0.25, -0.2) is 14.6 Å². The second-order valence-corrected chi connectivity index (χ2v) is 6.10. The summed E-state index contributed by atoms with van der Waals surface area (Å²) >= 11 is 0. The molecule has 1 aliphatic rings. The molecule has 1 aliphatic heterocycles. The number of halogens is 3. The Morgan fingerprint density at radius 2 is 2.11 bits per heavy atom. The topological polar surface area (TPSA) is 77.5 Å². The van der Waals surface area contributed by atoms with E-state index in [1.165, 1.54) is 24.2 Å². The van der Waals surface area contributed by atoms with E-state index >= 15 is 0 Å². The highest BCUT2D eigenvalue weighted by atomic mass is 19.4. The standard InChI is InChI=1S/C16H15F3N6O2/c1-27-13(26)7-10-3-6-25(22-10)12-9-24-11(16(17,18)19)8-20-14(24)15(21-12)23-4-2-5-23/h3,6,8-9H,2,4-5,7H2,1H3. The lowest BCUT2D eigenvalue weighted by atomic mass is 10.2. The number of aromatic nitrogens is 5. The highest BCUT2D eigenvalue weighted by Gasteiger charge is 2.36. The van der Waals surface area contributed by atoms with Crippen molar-refractivity contribution in [1.82, 2.24) is 24.1 Å². The van der Waals surface area contributed by atoms with Crippen molar-refractivity contribution < 1.29 is 22.7 Å². The van der Waals surface area contributed by atoms with Crippen molar-refractivity contribution in [2.75, 3.05) is 25.1 Å².